The number of carbonyl (C=O) groups is 2. The molecule has 0 spiro atoms. The largest absolute Gasteiger partial charge is 0.444 e. The number of aryl methyl sites for hydroxylation is 1. The fourth-order valence-corrected chi connectivity index (χ4v) is 5.59. The summed E-state index contributed by atoms with van der Waals surface area (Å²) in [5.74, 6) is -0.592. The number of nitrogens with zero attached hydrogens (tertiary/aromatic N) is 2. The van der Waals surface area contributed by atoms with Crippen LogP contribution in [0.3, 0.4) is 0 Å². The summed E-state index contributed by atoms with van der Waals surface area (Å²) in [7, 11) is 3.76. The summed E-state index contributed by atoms with van der Waals surface area (Å²) in [5, 5.41) is 3.19. The molecule has 0 unspecified atom stereocenters. The molecular formula is C35H45N3O4. The fraction of sp³-hybridized carbons (Fsp3) is 0.429. The maximum Gasteiger partial charge on any atom is 0.410 e. The van der Waals surface area contributed by atoms with Crippen molar-refractivity contribution in [3.63, 3.8) is 0 Å². The quantitative estimate of drug-likeness (QED) is 0.277. The van der Waals surface area contributed by atoms with Gasteiger partial charge in [-0.3, -0.25) is 4.79 Å². The third-order valence-corrected chi connectivity index (χ3v) is 7.75. The molecule has 0 radical (unpaired) electrons. The van der Waals surface area contributed by atoms with Crippen LogP contribution in [0.15, 0.2) is 72.8 Å². The Labute approximate surface area is 250 Å². The second-order valence-electron chi connectivity index (χ2n) is 12.2. The lowest BCUT2D eigenvalue weighted by atomic mass is 9.79. The molecule has 1 heterocycles. The minimum Gasteiger partial charge on any atom is -0.444 e. The van der Waals surface area contributed by atoms with E-state index in [1.807, 2.05) is 57.2 Å². The summed E-state index contributed by atoms with van der Waals surface area (Å²) in [4.78, 5) is 30.9. The molecule has 0 saturated carbocycles. The molecule has 0 bridgehead atoms. The standard InChI is InChI=1S/C35H45N3O4/c1-25-16-17-29(23-32(25)37(5)19-11-21-41-6)36-33(39)31-24-38(34(40)42-35(2,3)4)20-18-30(31)28-15-10-14-27(22-28)26-12-8-7-9-13-26/h7-10,12-17,22-23,30-31H,11,18-21,24H2,1-6H3,(H,36,39)/t30-,31+/m1/s1. The van der Waals surface area contributed by atoms with Gasteiger partial charge in [-0.25, -0.2) is 4.79 Å². The average molecular weight is 572 g/mol. The molecule has 1 N–H and O–H groups in total. The molecule has 0 aliphatic carbocycles. The Morgan fingerprint density at radius 1 is 1.00 bits per heavy atom. The van der Waals surface area contributed by atoms with E-state index in [1.165, 1.54) is 0 Å². The number of amides is 2. The zero-order valence-corrected chi connectivity index (χ0v) is 25.9. The number of rotatable bonds is 9. The number of methoxy groups -OCH3 is 1. The van der Waals surface area contributed by atoms with Crippen molar-refractivity contribution in [2.75, 3.05) is 50.6 Å². The number of hydrogen-bond donors (Lipinski definition) is 1. The van der Waals surface area contributed by atoms with Gasteiger partial charge in [0.2, 0.25) is 5.91 Å². The van der Waals surface area contributed by atoms with E-state index in [4.69, 9.17) is 9.47 Å². The van der Waals surface area contributed by atoms with E-state index >= 15 is 0 Å². The molecule has 224 valence electrons. The molecule has 3 aromatic carbocycles. The smallest absolute Gasteiger partial charge is 0.410 e. The predicted octanol–water partition coefficient (Wildman–Crippen LogP) is 7.11. The molecule has 7 nitrogen and oxygen atoms in total. The summed E-state index contributed by atoms with van der Waals surface area (Å²) in [6, 6.07) is 24.7. The zero-order chi connectivity index (χ0) is 30.3. The van der Waals surface area contributed by atoms with E-state index < -0.39 is 11.5 Å². The van der Waals surface area contributed by atoms with E-state index in [0.29, 0.717) is 19.6 Å². The molecule has 1 saturated heterocycles. The second-order valence-corrected chi connectivity index (χ2v) is 12.2. The first kappa shape index (κ1) is 31.1. The van der Waals surface area contributed by atoms with Gasteiger partial charge in [-0.2, -0.15) is 0 Å². The van der Waals surface area contributed by atoms with Crippen LogP contribution in [0.5, 0.6) is 0 Å². The number of nitrogens with one attached hydrogen (secondary N) is 1. The van der Waals surface area contributed by atoms with Crippen LogP contribution in [0.4, 0.5) is 16.2 Å². The number of benzene rings is 3. The van der Waals surface area contributed by atoms with Crippen molar-refractivity contribution in [2.45, 2.75) is 52.1 Å². The number of likely N-dealkylation sites (tertiary alicyclic amines) is 1. The number of hydrogen-bond acceptors (Lipinski definition) is 5. The number of ether oxygens (including phenoxy) is 2. The number of piperidine rings is 1. The fourth-order valence-electron chi connectivity index (χ4n) is 5.59. The maximum absolute atomic E-state index is 14.0. The Hall–Kier alpha value is -3.84. The Balaban J connectivity index is 1.60. The normalized spacial score (nSPS) is 17.0. The van der Waals surface area contributed by atoms with Crippen LogP contribution in [0.2, 0.25) is 0 Å². The first-order valence-electron chi connectivity index (χ1n) is 14.8. The van der Waals surface area contributed by atoms with Gasteiger partial charge in [0.05, 0.1) is 5.92 Å². The summed E-state index contributed by atoms with van der Waals surface area (Å²) >= 11 is 0. The molecule has 7 heteroatoms. The molecule has 2 amide bonds. The van der Waals surface area contributed by atoms with Crippen LogP contribution in [-0.4, -0.2) is 62.9 Å². The van der Waals surface area contributed by atoms with Crippen molar-refractivity contribution in [1.29, 1.82) is 0 Å². The third kappa shape index (κ3) is 8.13. The van der Waals surface area contributed by atoms with Crippen LogP contribution < -0.4 is 10.2 Å². The molecule has 2 atom stereocenters. The van der Waals surface area contributed by atoms with Crippen molar-refractivity contribution < 1.29 is 19.1 Å². The molecule has 1 aliphatic heterocycles. The molecule has 1 aliphatic rings. The average Bonchev–Trinajstić information content (AvgIpc) is 2.97. The van der Waals surface area contributed by atoms with Crippen molar-refractivity contribution in [1.82, 2.24) is 4.90 Å². The summed E-state index contributed by atoms with van der Waals surface area (Å²) in [6.45, 7) is 10.0. The molecule has 4 rings (SSSR count). The van der Waals surface area contributed by atoms with Gasteiger partial charge in [0.15, 0.2) is 0 Å². The second kappa shape index (κ2) is 13.9. The molecule has 42 heavy (non-hydrogen) atoms. The summed E-state index contributed by atoms with van der Waals surface area (Å²) in [5.41, 5.74) is 5.68. The van der Waals surface area contributed by atoms with Crippen LogP contribution >= 0.6 is 0 Å². The Kier molecular flexibility index (Phi) is 10.3. The number of carbonyl (C=O) groups excluding carboxylic acids is 2. The van der Waals surface area contributed by atoms with Crippen molar-refractivity contribution >= 4 is 23.4 Å². The lowest BCUT2D eigenvalue weighted by Gasteiger charge is -2.38. The lowest BCUT2D eigenvalue weighted by molar-refractivity contribution is -0.122. The van der Waals surface area contributed by atoms with Crippen LogP contribution in [0.25, 0.3) is 11.1 Å². The van der Waals surface area contributed by atoms with Gasteiger partial charge >= 0.3 is 6.09 Å². The Morgan fingerprint density at radius 2 is 1.74 bits per heavy atom. The highest BCUT2D eigenvalue weighted by Crippen LogP contribution is 2.36. The van der Waals surface area contributed by atoms with Gasteiger partial charge in [-0.05, 0) is 80.8 Å². The first-order chi connectivity index (χ1) is 20.1. The van der Waals surface area contributed by atoms with Crippen molar-refractivity contribution in [2.24, 2.45) is 5.92 Å². The molecule has 1 fully saturated rings. The van der Waals surface area contributed by atoms with Crippen LogP contribution in [0.1, 0.15) is 50.7 Å². The summed E-state index contributed by atoms with van der Waals surface area (Å²) < 4.78 is 10.9. The molecule has 3 aromatic rings. The monoisotopic (exact) mass is 571 g/mol. The maximum atomic E-state index is 14.0. The predicted molar refractivity (Wildman–Crippen MR) is 170 cm³/mol. The molecule has 0 aromatic heterocycles. The Bertz CT molecular complexity index is 1350. The van der Waals surface area contributed by atoms with E-state index in [0.717, 1.165) is 46.6 Å². The lowest BCUT2D eigenvalue weighted by Crippen LogP contribution is -2.48. The van der Waals surface area contributed by atoms with Gasteiger partial charge < -0.3 is 24.6 Å². The number of anilines is 2. The third-order valence-electron chi connectivity index (χ3n) is 7.75. The van der Waals surface area contributed by atoms with Gasteiger partial charge in [-0.1, -0.05) is 60.7 Å². The van der Waals surface area contributed by atoms with E-state index in [2.05, 4.69) is 60.6 Å². The minimum atomic E-state index is -0.608. The first-order valence-corrected chi connectivity index (χ1v) is 14.8. The van der Waals surface area contributed by atoms with Crippen LogP contribution in [-0.2, 0) is 14.3 Å². The minimum absolute atomic E-state index is 0.0472. The van der Waals surface area contributed by atoms with Gasteiger partial charge in [-0.15, -0.1) is 0 Å². The van der Waals surface area contributed by atoms with Crippen LogP contribution in [0, 0.1) is 12.8 Å². The highest BCUT2D eigenvalue weighted by atomic mass is 16.6. The van der Waals surface area contributed by atoms with Crippen molar-refractivity contribution in [3.05, 3.63) is 83.9 Å². The SMILES string of the molecule is COCCCN(C)c1cc(NC(=O)[C@H]2CN(C(=O)OC(C)(C)C)CC[C@@H]2c2cccc(-c3ccccc3)c2)ccc1C. The molecular weight excluding hydrogens is 526 g/mol. The Morgan fingerprint density at radius 3 is 2.45 bits per heavy atom. The van der Waals surface area contributed by atoms with E-state index in [9.17, 15) is 9.59 Å². The highest BCUT2D eigenvalue weighted by Gasteiger charge is 2.38. The topological polar surface area (TPSA) is 71.1 Å². The zero-order valence-electron chi connectivity index (χ0n) is 25.9. The summed E-state index contributed by atoms with van der Waals surface area (Å²) in [6.07, 6.45) is 1.19. The highest BCUT2D eigenvalue weighted by molar-refractivity contribution is 5.94. The van der Waals surface area contributed by atoms with Gasteiger partial charge in [0.25, 0.3) is 0 Å². The van der Waals surface area contributed by atoms with E-state index in [1.54, 1.807) is 12.0 Å². The van der Waals surface area contributed by atoms with Gasteiger partial charge in [0.1, 0.15) is 5.60 Å². The van der Waals surface area contributed by atoms with E-state index in [-0.39, 0.29) is 24.5 Å². The van der Waals surface area contributed by atoms with Crippen molar-refractivity contribution in [3.8, 4) is 11.1 Å². The van der Waals surface area contributed by atoms with Gasteiger partial charge in [0, 0.05) is 51.8 Å².